The van der Waals surface area contributed by atoms with Gasteiger partial charge < -0.3 is 23.7 Å². The van der Waals surface area contributed by atoms with Crippen LogP contribution in [0.15, 0.2) is 104 Å². The molecule has 0 aliphatic heterocycles. The normalized spacial score (nSPS) is 20.4. The second-order valence-corrected chi connectivity index (χ2v) is 10.0. The summed E-state index contributed by atoms with van der Waals surface area (Å²) in [5.41, 5.74) is 3.53. The number of hydrazone groups is 1. The van der Waals surface area contributed by atoms with Gasteiger partial charge in [-0.3, -0.25) is 19.2 Å². The number of furan rings is 2. The van der Waals surface area contributed by atoms with Crippen molar-refractivity contribution in [3.63, 3.8) is 0 Å². The summed E-state index contributed by atoms with van der Waals surface area (Å²) < 4.78 is 20.0. The molecule has 0 spiro atoms. The van der Waals surface area contributed by atoms with E-state index in [0.717, 1.165) is 5.56 Å². The van der Waals surface area contributed by atoms with Gasteiger partial charge in [0.2, 0.25) is 28.9 Å². The third-order valence-corrected chi connectivity index (χ3v) is 7.06. The van der Waals surface area contributed by atoms with Crippen LogP contribution < -0.4 is 5.43 Å². The van der Waals surface area contributed by atoms with Crippen LogP contribution in [0.2, 0.25) is 0 Å². The van der Waals surface area contributed by atoms with Gasteiger partial charge in [0.25, 0.3) is 0 Å². The summed E-state index contributed by atoms with van der Waals surface area (Å²) in [5, 5.41) is 4.25. The van der Waals surface area contributed by atoms with Gasteiger partial charge in [0.05, 0.1) is 26.7 Å². The van der Waals surface area contributed by atoms with E-state index in [1.165, 1.54) is 74.9 Å². The Morgan fingerprint density at radius 2 is 1.30 bits per heavy atom. The van der Waals surface area contributed by atoms with Crippen LogP contribution in [0.1, 0.15) is 38.2 Å². The molecule has 0 saturated heterocycles. The molecule has 0 fully saturated rings. The van der Waals surface area contributed by atoms with E-state index in [1.54, 1.807) is 0 Å². The summed E-state index contributed by atoms with van der Waals surface area (Å²) in [7, 11) is 2.39. The lowest BCUT2D eigenvalue weighted by molar-refractivity contribution is -0.140. The zero-order chi connectivity index (χ0) is 32.8. The maximum absolute atomic E-state index is 13.7. The van der Waals surface area contributed by atoms with Gasteiger partial charge in [-0.2, -0.15) is 5.10 Å². The number of hydrogen-bond acceptors (Lipinski definition) is 12. The average Bonchev–Trinajstić information content (AvgIpc) is 3.74. The predicted octanol–water partition coefficient (Wildman–Crippen LogP) is 3.71. The first-order valence-electron chi connectivity index (χ1n) is 13.9. The zero-order valence-corrected chi connectivity index (χ0v) is 24.6. The van der Waals surface area contributed by atoms with E-state index in [-0.39, 0.29) is 46.4 Å². The molecular formula is C34H26N2O10. The van der Waals surface area contributed by atoms with Crippen molar-refractivity contribution in [3.8, 4) is 0 Å². The molecule has 1 aromatic carbocycles. The Kier molecular flexibility index (Phi) is 9.27. The number of nitrogens with zero attached hydrogens (tertiary/aromatic N) is 1. The van der Waals surface area contributed by atoms with Crippen LogP contribution in [-0.4, -0.2) is 55.0 Å². The first-order valence-corrected chi connectivity index (χ1v) is 13.9. The number of rotatable bonds is 9. The second kappa shape index (κ2) is 13.6. The Morgan fingerprint density at radius 3 is 1.87 bits per heavy atom. The maximum Gasteiger partial charge on any atom is 0.373 e. The van der Waals surface area contributed by atoms with Crippen LogP contribution in [0.4, 0.5) is 0 Å². The number of carbonyl (C=O) groups excluding carboxylic acids is 6. The quantitative estimate of drug-likeness (QED) is 0.121. The van der Waals surface area contributed by atoms with Gasteiger partial charge in [0, 0.05) is 11.1 Å². The summed E-state index contributed by atoms with van der Waals surface area (Å²) in [6, 6.07) is 14.9. The molecule has 3 aromatic rings. The van der Waals surface area contributed by atoms with E-state index in [0.29, 0.717) is 0 Å². The lowest BCUT2D eigenvalue weighted by atomic mass is 9.77. The summed E-state index contributed by atoms with van der Waals surface area (Å²) >= 11 is 0. The first-order chi connectivity index (χ1) is 22.2. The monoisotopic (exact) mass is 622 g/mol. The van der Waals surface area contributed by atoms with E-state index in [2.05, 4.69) is 20.0 Å². The minimum atomic E-state index is -1.48. The Bertz CT molecular complexity index is 1880. The smallest absolute Gasteiger partial charge is 0.373 e. The number of hydrogen-bond donors (Lipinski definition) is 1. The predicted molar refractivity (Wildman–Crippen MR) is 162 cm³/mol. The van der Waals surface area contributed by atoms with Crippen molar-refractivity contribution in [1.29, 1.82) is 0 Å². The molecule has 2 heterocycles. The fraction of sp³-hybridized carbons (Fsp3) is 0.147. The third kappa shape index (κ3) is 6.65. The number of benzene rings is 1. The molecule has 1 N–H and O–H groups in total. The zero-order valence-electron chi connectivity index (χ0n) is 24.6. The Labute approximate surface area is 261 Å². The van der Waals surface area contributed by atoms with E-state index < -0.39 is 46.9 Å². The number of nitrogens with one attached hydrogen (secondary N) is 1. The summed E-state index contributed by atoms with van der Waals surface area (Å²) in [6.45, 7) is 0.237. The number of methoxy groups -OCH3 is 2. The second-order valence-electron chi connectivity index (χ2n) is 10.0. The molecule has 2 atom stereocenters. The van der Waals surface area contributed by atoms with Crippen LogP contribution in [0, 0.1) is 11.8 Å². The molecular weight excluding hydrogens is 596 g/mol. The maximum atomic E-state index is 13.7. The number of esters is 2. The summed E-state index contributed by atoms with van der Waals surface area (Å²) in [4.78, 5) is 77.0. The van der Waals surface area contributed by atoms with Crippen LogP contribution in [0.25, 0.3) is 12.2 Å². The SMILES string of the molecule is COC(=O)c1ccc(C=C2C=CC(C(=O)C3C=CC(=Cc4ccc(C(=O)OC)o4)C(=O)C3=NNCc3ccccc3)C(=O)C2=O)o1. The molecule has 0 amide bonds. The van der Waals surface area contributed by atoms with Crippen LogP contribution in [0.3, 0.4) is 0 Å². The number of carbonyl (C=O) groups is 6. The van der Waals surface area contributed by atoms with E-state index in [1.807, 2.05) is 30.3 Å². The Morgan fingerprint density at radius 1 is 0.761 bits per heavy atom. The fourth-order valence-electron chi connectivity index (χ4n) is 4.70. The Balaban J connectivity index is 1.43. The van der Waals surface area contributed by atoms with Gasteiger partial charge in [-0.05, 0) is 42.0 Å². The lowest BCUT2D eigenvalue weighted by Crippen LogP contribution is -2.41. The molecule has 12 nitrogen and oxygen atoms in total. The molecule has 2 aromatic heterocycles. The number of Topliss-reactive ketones (excluding diaryl/α,β-unsaturated/α-hetero) is 4. The average molecular weight is 623 g/mol. The lowest BCUT2D eigenvalue weighted by Gasteiger charge is -2.23. The largest absolute Gasteiger partial charge is 0.463 e. The molecule has 232 valence electrons. The number of ketones is 4. The van der Waals surface area contributed by atoms with Gasteiger partial charge in [-0.15, -0.1) is 0 Å². The summed E-state index contributed by atoms with van der Waals surface area (Å²) in [6.07, 6.45) is 8.04. The summed E-state index contributed by atoms with van der Waals surface area (Å²) in [5.74, 6) is -7.29. The van der Waals surface area contributed by atoms with E-state index in [4.69, 9.17) is 8.83 Å². The molecule has 0 bridgehead atoms. The van der Waals surface area contributed by atoms with Crippen LogP contribution in [0.5, 0.6) is 0 Å². The fourth-order valence-corrected chi connectivity index (χ4v) is 4.70. The Hall–Kier alpha value is -6.17. The van der Waals surface area contributed by atoms with E-state index in [9.17, 15) is 28.8 Å². The minimum absolute atomic E-state index is 0.0523. The van der Waals surface area contributed by atoms with Crippen LogP contribution >= 0.6 is 0 Å². The molecule has 0 saturated carbocycles. The van der Waals surface area contributed by atoms with Crippen molar-refractivity contribution < 1.29 is 47.1 Å². The minimum Gasteiger partial charge on any atom is -0.463 e. The van der Waals surface area contributed by atoms with Crippen LogP contribution in [-0.2, 0) is 35.2 Å². The topological polar surface area (TPSA) is 172 Å². The molecule has 46 heavy (non-hydrogen) atoms. The van der Waals surface area contributed by atoms with Crippen molar-refractivity contribution >= 4 is 52.9 Å². The highest BCUT2D eigenvalue weighted by molar-refractivity contribution is 6.54. The highest BCUT2D eigenvalue weighted by Crippen LogP contribution is 2.27. The van der Waals surface area contributed by atoms with Gasteiger partial charge in [-0.25, -0.2) is 9.59 Å². The van der Waals surface area contributed by atoms with Crippen molar-refractivity contribution in [3.05, 3.63) is 119 Å². The number of ether oxygens (including phenoxy) is 2. The molecule has 2 aliphatic rings. The van der Waals surface area contributed by atoms with Gasteiger partial charge in [0.1, 0.15) is 23.2 Å². The van der Waals surface area contributed by atoms with Gasteiger partial charge in [-0.1, -0.05) is 54.6 Å². The van der Waals surface area contributed by atoms with Gasteiger partial charge >= 0.3 is 11.9 Å². The third-order valence-electron chi connectivity index (χ3n) is 7.06. The molecule has 12 heteroatoms. The van der Waals surface area contributed by atoms with Crippen molar-refractivity contribution in [2.75, 3.05) is 14.2 Å². The highest BCUT2D eigenvalue weighted by Gasteiger charge is 2.41. The van der Waals surface area contributed by atoms with Crippen molar-refractivity contribution in [2.45, 2.75) is 6.54 Å². The van der Waals surface area contributed by atoms with Gasteiger partial charge in [0.15, 0.2) is 5.78 Å². The standard InChI is InChI=1S/C34H26N2O10/c1-43-33(41)26-14-10-22(45-26)16-20-8-12-24(28(29(20)37)36-35-18-19-6-4-3-5-7-19)31(39)25-13-9-21(30(38)32(25)40)17-23-11-15-27(46-23)34(42)44-2/h3-17,24-25,35H,18H2,1-2H3. The molecule has 0 radical (unpaired) electrons. The molecule has 2 aliphatic carbocycles. The molecule has 2 unspecified atom stereocenters. The highest BCUT2D eigenvalue weighted by atomic mass is 16.5. The van der Waals surface area contributed by atoms with E-state index >= 15 is 0 Å². The molecule has 5 rings (SSSR count). The van der Waals surface area contributed by atoms with Crippen molar-refractivity contribution in [2.24, 2.45) is 16.9 Å². The first kappa shape index (κ1) is 31.3. The van der Waals surface area contributed by atoms with Crippen molar-refractivity contribution in [1.82, 2.24) is 5.43 Å². The number of allylic oxidation sites excluding steroid dienone is 6.